The molecule has 0 radical (unpaired) electrons. The van der Waals surface area contributed by atoms with Gasteiger partial charge in [0.25, 0.3) is 0 Å². The highest BCUT2D eigenvalue weighted by Gasteiger charge is 2.10. The summed E-state index contributed by atoms with van der Waals surface area (Å²) in [5, 5.41) is 0.0523. The fourth-order valence-corrected chi connectivity index (χ4v) is 2.31. The third-order valence-corrected chi connectivity index (χ3v) is 3.35. The number of nitrogen functional groups attached to an aromatic ring is 1. The molecule has 0 fully saturated rings. The minimum atomic E-state index is -0.471. The Morgan fingerprint density at radius 1 is 1.15 bits per heavy atom. The van der Waals surface area contributed by atoms with Gasteiger partial charge in [-0.1, -0.05) is 17.7 Å². The van der Waals surface area contributed by atoms with Crippen LogP contribution in [0.15, 0.2) is 36.4 Å². The number of halogens is 3. The number of anilines is 1. The van der Waals surface area contributed by atoms with Crippen LogP contribution >= 0.6 is 11.6 Å². The molecule has 0 bridgehead atoms. The van der Waals surface area contributed by atoms with E-state index in [0.29, 0.717) is 17.6 Å². The average Bonchev–Trinajstić information content (AvgIpc) is 2.69. The molecule has 0 saturated heterocycles. The first-order valence-electron chi connectivity index (χ1n) is 5.90. The van der Waals surface area contributed by atoms with Crippen molar-refractivity contribution in [2.45, 2.75) is 6.54 Å². The van der Waals surface area contributed by atoms with E-state index in [-0.39, 0.29) is 16.8 Å². The lowest BCUT2D eigenvalue weighted by Gasteiger charge is -2.07. The predicted molar refractivity (Wildman–Crippen MR) is 74.6 cm³/mol. The van der Waals surface area contributed by atoms with Gasteiger partial charge >= 0.3 is 0 Å². The second-order valence-corrected chi connectivity index (χ2v) is 4.84. The van der Waals surface area contributed by atoms with Crippen molar-refractivity contribution in [1.82, 2.24) is 9.55 Å². The van der Waals surface area contributed by atoms with Gasteiger partial charge in [-0.05, 0) is 29.8 Å². The average molecular weight is 294 g/mol. The minimum absolute atomic E-state index is 0.0523. The molecule has 1 heterocycles. The number of rotatable bonds is 2. The maximum Gasteiger partial charge on any atom is 0.201 e. The van der Waals surface area contributed by atoms with Gasteiger partial charge in [-0.25, -0.2) is 13.8 Å². The molecule has 1 aromatic heterocycles. The molecule has 3 aromatic rings. The standard InChI is InChI=1S/C14H10ClF2N3/c15-10-5-8(1-3-11(10)17)7-20-13-4-2-9(16)6-12(13)19-14(20)18/h1-6H,7H2,(H2,18,19). The summed E-state index contributed by atoms with van der Waals surface area (Å²) in [6.07, 6.45) is 0. The van der Waals surface area contributed by atoms with E-state index in [0.717, 1.165) is 5.56 Å². The topological polar surface area (TPSA) is 43.8 Å². The Kier molecular flexibility index (Phi) is 3.06. The number of benzene rings is 2. The summed E-state index contributed by atoms with van der Waals surface area (Å²) < 4.78 is 28.0. The van der Waals surface area contributed by atoms with Gasteiger partial charge in [0.1, 0.15) is 11.6 Å². The van der Waals surface area contributed by atoms with Crippen LogP contribution < -0.4 is 5.73 Å². The zero-order valence-electron chi connectivity index (χ0n) is 10.3. The van der Waals surface area contributed by atoms with Gasteiger partial charge in [0, 0.05) is 6.07 Å². The highest BCUT2D eigenvalue weighted by atomic mass is 35.5. The van der Waals surface area contributed by atoms with Crippen molar-refractivity contribution < 1.29 is 8.78 Å². The van der Waals surface area contributed by atoms with E-state index in [1.165, 1.54) is 24.3 Å². The molecule has 0 aliphatic carbocycles. The lowest BCUT2D eigenvalue weighted by molar-refractivity contribution is 0.626. The van der Waals surface area contributed by atoms with E-state index >= 15 is 0 Å². The molecule has 3 nitrogen and oxygen atoms in total. The Hall–Kier alpha value is -2.14. The summed E-state index contributed by atoms with van der Waals surface area (Å²) in [5.74, 6) is -0.570. The van der Waals surface area contributed by atoms with Gasteiger partial charge in [-0.3, -0.25) is 0 Å². The van der Waals surface area contributed by atoms with Gasteiger partial charge in [0.05, 0.1) is 22.6 Å². The third-order valence-electron chi connectivity index (χ3n) is 3.06. The molecule has 0 atom stereocenters. The highest BCUT2D eigenvalue weighted by Crippen LogP contribution is 2.22. The summed E-state index contributed by atoms with van der Waals surface area (Å²) in [6.45, 7) is 0.383. The number of nitrogens with two attached hydrogens (primary N) is 1. The van der Waals surface area contributed by atoms with Crippen LogP contribution in [-0.4, -0.2) is 9.55 Å². The van der Waals surface area contributed by atoms with Gasteiger partial charge in [0.2, 0.25) is 5.95 Å². The second kappa shape index (κ2) is 4.76. The van der Waals surface area contributed by atoms with E-state index in [1.807, 2.05) is 0 Å². The van der Waals surface area contributed by atoms with Crippen molar-refractivity contribution in [2.24, 2.45) is 0 Å². The Labute approximate surface area is 118 Å². The summed E-state index contributed by atoms with van der Waals surface area (Å²) in [5.41, 5.74) is 7.82. The first-order chi connectivity index (χ1) is 9.54. The van der Waals surface area contributed by atoms with Crippen molar-refractivity contribution in [3.8, 4) is 0 Å². The quantitative estimate of drug-likeness (QED) is 0.784. The molecule has 0 amide bonds. The zero-order valence-corrected chi connectivity index (χ0v) is 11.0. The van der Waals surface area contributed by atoms with Crippen LogP contribution in [0, 0.1) is 11.6 Å². The molecule has 2 N–H and O–H groups in total. The van der Waals surface area contributed by atoms with Crippen LogP contribution in [0.2, 0.25) is 5.02 Å². The molecule has 6 heteroatoms. The van der Waals surface area contributed by atoms with Crippen molar-refractivity contribution in [3.63, 3.8) is 0 Å². The maximum absolute atomic E-state index is 13.2. The summed E-state index contributed by atoms with van der Waals surface area (Å²) in [4.78, 5) is 4.10. The van der Waals surface area contributed by atoms with E-state index < -0.39 is 5.82 Å². The van der Waals surface area contributed by atoms with Crippen LogP contribution in [0.4, 0.5) is 14.7 Å². The van der Waals surface area contributed by atoms with E-state index in [4.69, 9.17) is 17.3 Å². The van der Waals surface area contributed by atoms with Crippen LogP contribution in [0.3, 0.4) is 0 Å². The first-order valence-corrected chi connectivity index (χ1v) is 6.27. The van der Waals surface area contributed by atoms with E-state index in [9.17, 15) is 8.78 Å². The molecule has 20 heavy (non-hydrogen) atoms. The number of imidazole rings is 1. The lowest BCUT2D eigenvalue weighted by atomic mass is 10.2. The monoisotopic (exact) mass is 293 g/mol. The van der Waals surface area contributed by atoms with Crippen LogP contribution in [0.25, 0.3) is 11.0 Å². The fourth-order valence-electron chi connectivity index (χ4n) is 2.11. The van der Waals surface area contributed by atoms with Crippen molar-refractivity contribution >= 4 is 28.6 Å². The fraction of sp³-hybridized carbons (Fsp3) is 0.0714. The normalized spacial score (nSPS) is 11.2. The van der Waals surface area contributed by atoms with E-state index in [1.54, 1.807) is 16.7 Å². The molecule has 2 aromatic carbocycles. The Bertz CT molecular complexity index is 798. The number of hydrogen-bond donors (Lipinski definition) is 1. The van der Waals surface area contributed by atoms with Crippen molar-refractivity contribution in [2.75, 3.05) is 5.73 Å². The molecular weight excluding hydrogens is 284 g/mol. The van der Waals surface area contributed by atoms with E-state index in [2.05, 4.69) is 4.98 Å². The maximum atomic E-state index is 13.2. The van der Waals surface area contributed by atoms with Crippen molar-refractivity contribution in [3.05, 3.63) is 58.6 Å². The van der Waals surface area contributed by atoms with Gasteiger partial charge in [-0.2, -0.15) is 0 Å². The molecule has 0 aliphatic heterocycles. The number of hydrogen-bond acceptors (Lipinski definition) is 2. The molecule has 3 rings (SSSR count). The SMILES string of the molecule is Nc1nc2cc(F)ccc2n1Cc1ccc(F)c(Cl)c1. The first kappa shape index (κ1) is 12.9. The smallest absolute Gasteiger partial charge is 0.201 e. The van der Waals surface area contributed by atoms with Crippen molar-refractivity contribution in [1.29, 1.82) is 0 Å². The van der Waals surface area contributed by atoms with Gasteiger partial charge < -0.3 is 10.3 Å². The largest absolute Gasteiger partial charge is 0.369 e. The minimum Gasteiger partial charge on any atom is -0.369 e. The highest BCUT2D eigenvalue weighted by molar-refractivity contribution is 6.30. The lowest BCUT2D eigenvalue weighted by Crippen LogP contribution is -2.04. The Morgan fingerprint density at radius 2 is 1.95 bits per heavy atom. The van der Waals surface area contributed by atoms with Crippen LogP contribution in [0.5, 0.6) is 0 Å². The molecule has 0 saturated carbocycles. The summed E-state index contributed by atoms with van der Waals surface area (Å²) in [7, 11) is 0. The summed E-state index contributed by atoms with van der Waals surface area (Å²) in [6, 6.07) is 8.73. The third kappa shape index (κ3) is 2.20. The van der Waals surface area contributed by atoms with Crippen LogP contribution in [0.1, 0.15) is 5.56 Å². The Balaban J connectivity index is 2.05. The second-order valence-electron chi connectivity index (χ2n) is 4.44. The Morgan fingerprint density at radius 3 is 2.70 bits per heavy atom. The zero-order chi connectivity index (χ0) is 14.3. The molecular formula is C14H10ClF2N3. The molecule has 102 valence electrons. The molecule has 0 spiro atoms. The number of nitrogens with zero attached hydrogens (tertiary/aromatic N) is 2. The number of fused-ring (bicyclic) bond motifs is 1. The van der Waals surface area contributed by atoms with Gasteiger partial charge in [-0.15, -0.1) is 0 Å². The molecule has 0 aliphatic rings. The van der Waals surface area contributed by atoms with Crippen LogP contribution in [-0.2, 0) is 6.54 Å². The molecule has 0 unspecified atom stereocenters. The van der Waals surface area contributed by atoms with Gasteiger partial charge in [0.15, 0.2) is 0 Å². The number of aromatic nitrogens is 2. The predicted octanol–water partition coefficient (Wildman–Crippen LogP) is 3.60. The summed E-state index contributed by atoms with van der Waals surface area (Å²) >= 11 is 5.75.